The summed E-state index contributed by atoms with van der Waals surface area (Å²) in [5, 5.41) is 3.16. The van der Waals surface area contributed by atoms with E-state index in [0.29, 0.717) is 13.2 Å². The topological polar surface area (TPSA) is 55.4 Å². The van der Waals surface area contributed by atoms with E-state index in [2.05, 4.69) is 5.32 Å². The van der Waals surface area contributed by atoms with Crippen LogP contribution in [0.5, 0.6) is 0 Å². The average Bonchev–Trinajstić information content (AvgIpc) is 2.10. The standard InChI is InChI=1S/C10H23NO3S/c1-6-11-9(8-14-7-2)10(3,4)15(5,12)13/h9,11H,6-8H2,1-5H3. The molecular weight excluding hydrogens is 214 g/mol. The van der Waals surface area contributed by atoms with Gasteiger partial charge in [-0.25, -0.2) is 8.42 Å². The van der Waals surface area contributed by atoms with Crippen molar-refractivity contribution >= 4 is 9.84 Å². The van der Waals surface area contributed by atoms with Crippen molar-refractivity contribution in [1.82, 2.24) is 5.32 Å². The van der Waals surface area contributed by atoms with Gasteiger partial charge in [0.2, 0.25) is 0 Å². The van der Waals surface area contributed by atoms with Gasteiger partial charge in [-0.2, -0.15) is 0 Å². The van der Waals surface area contributed by atoms with Crippen LogP contribution < -0.4 is 5.32 Å². The van der Waals surface area contributed by atoms with E-state index in [1.807, 2.05) is 13.8 Å². The Balaban J connectivity index is 4.73. The van der Waals surface area contributed by atoms with Crippen molar-refractivity contribution < 1.29 is 13.2 Å². The quantitative estimate of drug-likeness (QED) is 0.712. The van der Waals surface area contributed by atoms with Gasteiger partial charge in [0.15, 0.2) is 9.84 Å². The predicted octanol–water partition coefficient (Wildman–Crippen LogP) is 0.824. The van der Waals surface area contributed by atoms with Crippen molar-refractivity contribution in [3.8, 4) is 0 Å². The molecule has 0 heterocycles. The zero-order valence-corrected chi connectivity index (χ0v) is 11.1. The normalized spacial score (nSPS) is 15.3. The van der Waals surface area contributed by atoms with Crippen molar-refractivity contribution in [2.24, 2.45) is 0 Å². The van der Waals surface area contributed by atoms with Crippen LogP contribution in [0.4, 0.5) is 0 Å². The minimum absolute atomic E-state index is 0.169. The van der Waals surface area contributed by atoms with Gasteiger partial charge in [-0.05, 0) is 27.3 Å². The van der Waals surface area contributed by atoms with Crippen molar-refractivity contribution in [2.45, 2.75) is 38.5 Å². The van der Waals surface area contributed by atoms with E-state index >= 15 is 0 Å². The number of hydrogen-bond acceptors (Lipinski definition) is 4. The lowest BCUT2D eigenvalue weighted by Gasteiger charge is -2.32. The zero-order chi connectivity index (χ0) is 12.1. The lowest BCUT2D eigenvalue weighted by molar-refractivity contribution is 0.113. The predicted molar refractivity (Wildman–Crippen MR) is 62.9 cm³/mol. The number of nitrogens with one attached hydrogen (secondary N) is 1. The molecule has 0 spiro atoms. The lowest BCUT2D eigenvalue weighted by atomic mass is 10.0. The van der Waals surface area contributed by atoms with E-state index in [0.717, 1.165) is 6.54 Å². The van der Waals surface area contributed by atoms with Crippen LogP contribution in [0.15, 0.2) is 0 Å². The average molecular weight is 237 g/mol. The molecule has 92 valence electrons. The maximum Gasteiger partial charge on any atom is 0.154 e. The lowest BCUT2D eigenvalue weighted by Crippen LogP contribution is -2.53. The van der Waals surface area contributed by atoms with E-state index in [1.54, 1.807) is 13.8 Å². The van der Waals surface area contributed by atoms with Crippen LogP contribution in [0, 0.1) is 0 Å². The van der Waals surface area contributed by atoms with Crippen molar-refractivity contribution in [3.05, 3.63) is 0 Å². The summed E-state index contributed by atoms with van der Waals surface area (Å²) in [5.74, 6) is 0. The third-order valence-electron chi connectivity index (χ3n) is 2.73. The number of rotatable bonds is 7. The monoisotopic (exact) mass is 237 g/mol. The maximum absolute atomic E-state index is 11.6. The van der Waals surface area contributed by atoms with Crippen LogP contribution in [0.2, 0.25) is 0 Å². The Morgan fingerprint density at radius 2 is 1.87 bits per heavy atom. The summed E-state index contributed by atoms with van der Waals surface area (Å²) < 4.78 is 27.8. The number of hydrogen-bond donors (Lipinski definition) is 1. The Morgan fingerprint density at radius 3 is 2.20 bits per heavy atom. The molecule has 5 heteroatoms. The Morgan fingerprint density at radius 1 is 1.33 bits per heavy atom. The summed E-state index contributed by atoms with van der Waals surface area (Å²) in [7, 11) is -3.10. The van der Waals surface area contributed by atoms with Crippen LogP contribution in [0.3, 0.4) is 0 Å². The van der Waals surface area contributed by atoms with E-state index in [4.69, 9.17) is 4.74 Å². The first-order valence-electron chi connectivity index (χ1n) is 5.28. The van der Waals surface area contributed by atoms with E-state index < -0.39 is 14.6 Å². The third kappa shape index (κ3) is 4.09. The number of ether oxygens (including phenoxy) is 1. The molecule has 0 amide bonds. The Kier molecular flexibility index (Phi) is 5.77. The molecule has 1 atom stereocenters. The molecule has 0 bridgehead atoms. The molecule has 0 aliphatic rings. The SMILES string of the molecule is CCNC(COCC)C(C)(C)S(C)(=O)=O. The van der Waals surface area contributed by atoms with Gasteiger partial charge < -0.3 is 10.1 Å². The first-order valence-corrected chi connectivity index (χ1v) is 7.17. The van der Waals surface area contributed by atoms with E-state index in [-0.39, 0.29) is 6.04 Å². The molecule has 0 aliphatic carbocycles. The molecule has 0 aliphatic heterocycles. The molecular formula is C10H23NO3S. The summed E-state index contributed by atoms with van der Waals surface area (Å²) >= 11 is 0. The largest absolute Gasteiger partial charge is 0.380 e. The highest BCUT2D eigenvalue weighted by Crippen LogP contribution is 2.20. The molecule has 15 heavy (non-hydrogen) atoms. The van der Waals surface area contributed by atoms with Gasteiger partial charge in [-0.1, -0.05) is 6.92 Å². The second-order valence-corrected chi connectivity index (χ2v) is 6.74. The van der Waals surface area contributed by atoms with Gasteiger partial charge in [-0.3, -0.25) is 0 Å². The molecule has 0 fully saturated rings. The second kappa shape index (κ2) is 5.82. The molecule has 4 nitrogen and oxygen atoms in total. The molecule has 0 aromatic carbocycles. The summed E-state index contributed by atoms with van der Waals surface area (Å²) in [6.45, 7) is 9.07. The zero-order valence-electron chi connectivity index (χ0n) is 10.3. The third-order valence-corrected chi connectivity index (χ3v) is 4.93. The van der Waals surface area contributed by atoms with Crippen molar-refractivity contribution in [3.63, 3.8) is 0 Å². The molecule has 1 N–H and O–H groups in total. The Bertz CT molecular complexity index is 272. The van der Waals surface area contributed by atoms with Gasteiger partial charge in [0, 0.05) is 18.9 Å². The molecule has 0 radical (unpaired) electrons. The fourth-order valence-corrected chi connectivity index (χ4v) is 1.91. The highest BCUT2D eigenvalue weighted by Gasteiger charge is 2.38. The molecule has 0 rings (SSSR count). The van der Waals surface area contributed by atoms with Crippen molar-refractivity contribution in [1.29, 1.82) is 0 Å². The smallest absolute Gasteiger partial charge is 0.154 e. The van der Waals surface area contributed by atoms with Gasteiger partial charge in [-0.15, -0.1) is 0 Å². The van der Waals surface area contributed by atoms with Crippen molar-refractivity contribution in [2.75, 3.05) is 26.0 Å². The first-order chi connectivity index (χ1) is 6.77. The second-order valence-electron chi connectivity index (χ2n) is 4.15. The van der Waals surface area contributed by atoms with Crippen LogP contribution in [0.25, 0.3) is 0 Å². The molecule has 0 saturated carbocycles. The molecule has 0 aromatic heterocycles. The van der Waals surface area contributed by atoms with Crippen LogP contribution in [-0.4, -0.2) is 45.2 Å². The summed E-state index contributed by atoms with van der Waals surface area (Å²) in [4.78, 5) is 0. The van der Waals surface area contributed by atoms with E-state index in [9.17, 15) is 8.42 Å². The molecule has 0 saturated heterocycles. The summed E-state index contributed by atoms with van der Waals surface area (Å²) in [5.41, 5.74) is 0. The summed E-state index contributed by atoms with van der Waals surface area (Å²) in [6, 6.07) is -0.169. The molecule has 0 aromatic rings. The van der Waals surface area contributed by atoms with Gasteiger partial charge in [0.05, 0.1) is 11.4 Å². The minimum atomic E-state index is -3.10. The highest BCUT2D eigenvalue weighted by atomic mass is 32.2. The van der Waals surface area contributed by atoms with Crippen LogP contribution >= 0.6 is 0 Å². The Labute approximate surface area is 93.3 Å². The van der Waals surface area contributed by atoms with Crippen LogP contribution in [-0.2, 0) is 14.6 Å². The summed E-state index contributed by atoms with van der Waals surface area (Å²) in [6.07, 6.45) is 1.27. The minimum Gasteiger partial charge on any atom is -0.380 e. The van der Waals surface area contributed by atoms with E-state index in [1.165, 1.54) is 6.26 Å². The van der Waals surface area contributed by atoms with Gasteiger partial charge >= 0.3 is 0 Å². The Hall–Kier alpha value is -0.130. The first kappa shape index (κ1) is 14.9. The van der Waals surface area contributed by atoms with Gasteiger partial charge in [0.1, 0.15) is 0 Å². The number of likely N-dealkylation sites (N-methyl/N-ethyl adjacent to an activating group) is 1. The van der Waals surface area contributed by atoms with Gasteiger partial charge in [0.25, 0.3) is 0 Å². The maximum atomic E-state index is 11.6. The molecule has 1 unspecified atom stereocenters. The highest BCUT2D eigenvalue weighted by molar-refractivity contribution is 7.92. The fourth-order valence-electron chi connectivity index (χ4n) is 1.25. The fraction of sp³-hybridized carbons (Fsp3) is 1.00. The van der Waals surface area contributed by atoms with Crippen LogP contribution in [0.1, 0.15) is 27.7 Å². The number of sulfone groups is 1.